The van der Waals surface area contributed by atoms with Crippen molar-refractivity contribution in [1.29, 1.82) is 0 Å². The number of anilines is 1. The number of nitrogens with one attached hydrogen (secondary N) is 1. The summed E-state index contributed by atoms with van der Waals surface area (Å²) >= 11 is 0. The molecule has 0 aliphatic carbocycles. The number of rotatable bonds is 22. The largest absolute Gasteiger partial charge is 1.00 e. The van der Waals surface area contributed by atoms with Crippen molar-refractivity contribution in [2.75, 3.05) is 24.9 Å². The average molecular weight is 612 g/mol. The number of fused-ring (bicyclic) bond motifs is 1. The zero-order valence-electron chi connectivity index (χ0n) is 25.2. The SMILES string of the molecule is CCCCCCCC/C=C\CCCCCCCCOC(=O)Nc1ncnc2c1ncn2CCOCP(=O)([O-])[O-].[Na+].[Na+]. The maximum Gasteiger partial charge on any atom is 1.00 e. The van der Waals surface area contributed by atoms with Gasteiger partial charge in [0.05, 0.1) is 25.9 Å². The van der Waals surface area contributed by atoms with Crippen LogP contribution in [0.3, 0.4) is 0 Å². The molecule has 0 atom stereocenters. The summed E-state index contributed by atoms with van der Waals surface area (Å²) in [5.74, 6) is 0.217. The van der Waals surface area contributed by atoms with Gasteiger partial charge in [-0.05, 0) is 39.7 Å². The normalized spacial score (nSPS) is 11.4. The van der Waals surface area contributed by atoms with Crippen LogP contribution in [0.25, 0.3) is 11.2 Å². The molecule has 41 heavy (non-hydrogen) atoms. The average Bonchev–Trinajstić information content (AvgIpc) is 3.32. The van der Waals surface area contributed by atoms with Gasteiger partial charge in [0.1, 0.15) is 6.33 Å². The first-order chi connectivity index (χ1) is 18.9. The van der Waals surface area contributed by atoms with E-state index < -0.39 is 20.0 Å². The van der Waals surface area contributed by atoms with E-state index in [2.05, 4.69) is 39.3 Å². The molecule has 2 heterocycles. The molecule has 1 amide bonds. The molecule has 220 valence electrons. The van der Waals surface area contributed by atoms with Gasteiger partial charge in [0.15, 0.2) is 17.0 Å². The van der Waals surface area contributed by atoms with Crippen LogP contribution in [0.4, 0.5) is 10.6 Å². The second-order valence-corrected chi connectivity index (χ2v) is 11.2. The van der Waals surface area contributed by atoms with Crippen molar-refractivity contribution in [3.63, 3.8) is 0 Å². The Hall–Kier alpha value is -0.330. The number of amides is 1. The summed E-state index contributed by atoms with van der Waals surface area (Å²) in [6, 6.07) is 0. The third-order valence-corrected chi connectivity index (χ3v) is 6.74. The Kier molecular flexibility index (Phi) is 24.8. The van der Waals surface area contributed by atoms with Crippen LogP contribution in [-0.2, 0) is 20.6 Å². The van der Waals surface area contributed by atoms with Gasteiger partial charge in [0.25, 0.3) is 0 Å². The fourth-order valence-corrected chi connectivity index (χ4v) is 4.47. The molecule has 2 rings (SSSR count). The second kappa shape index (κ2) is 25.0. The Morgan fingerprint density at radius 1 is 0.902 bits per heavy atom. The number of unbranched alkanes of at least 4 members (excludes halogenated alkanes) is 12. The van der Waals surface area contributed by atoms with Crippen molar-refractivity contribution >= 4 is 30.7 Å². The molecule has 0 unspecified atom stereocenters. The predicted molar refractivity (Wildman–Crippen MR) is 148 cm³/mol. The first kappa shape index (κ1) is 40.7. The minimum absolute atomic E-state index is 0. The number of carbonyl (C=O) groups is 1. The molecule has 14 heteroatoms. The number of aromatic nitrogens is 4. The van der Waals surface area contributed by atoms with Gasteiger partial charge in [-0.2, -0.15) is 0 Å². The summed E-state index contributed by atoms with van der Waals surface area (Å²) in [4.78, 5) is 45.9. The minimum atomic E-state index is -4.71. The monoisotopic (exact) mass is 611 g/mol. The molecule has 0 bridgehead atoms. The van der Waals surface area contributed by atoms with Gasteiger partial charge in [0, 0.05) is 6.54 Å². The van der Waals surface area contributed by atoms with Gasteiger partial charge >= 0.3 is 65.2 Å². The summed E-state index contributed by atoms with van der Waals surface area (Å²) < 4.78 is 22.4. The molecule has 2 aromatic heterocycles. The molecule has 0 aliphatic heterocycles. The molecule has 0 fully saturated rings. The molecule has 0 aliphatic rings. The Labute approximate surface area is 288 Å². The maximum absolute atomic E-state index is 12.2. The smallest absolute Gasteiger partial charge is 0.809 e. The number of hydrogen-bond donors (Lipinski definition) is 1. The maximum atomic E-state index is 12.2. The number of ether oxygens (including phenoxy) is 2. The van der Waals surface area contributed by atoms with E-state index in [1.54, 1.807) is 4.57 Å². The fraction of sp³-hybridized carbons (Fsp3) is 0.704. The van der Waals surface area contributed by atoms with Crippen molar-refractivity contribution < 1.29 is 87.7 Å². The molecule has 0 saturated heterocycles. The van der Waals surface area contributed by atoms with E-state index in [1.807, 2.05) is 0 Å². The van der Waals surface area contributed by atoms with Crippen molar-refractivity contribution in [1.82, 2.24) is 19.5 Å². The van der Waals surface area contributed by atoms with Crippen LogP contribution >= 0.6 is 7.60 Å². The quantitative estimate of drug-likeness (QED) is 0.0789. The molecule has 1 N–H and O–H groups in total. The second-order valence-electron chi connectivity index (χ2n) is 9.68. The van der Waals surface area contributed by atoms with Crippen LogP contribution in [0.2, 0.25) is 0 Å². The number of nitrogens with zero attached hydrogens (tertiary/aromatic N) is 4. The number of allylic oxidation sites excluding steroid dienone is 2. The van der Waals surface area contributed by atoms with Gasteiger partial charge in [0.2, 0.25) is 0 Å². The zero-order chi connectivity index (χ0) is 28.2. The summed E-state index contributed by atoms with van der Waals surface area (Å²) in [6.45, 7) is 2.80. The van der Waals surface area contributed by atoms with Gasteiger partial charge in [-0.25, -0.2) is 19.7 Å². The molecule has 2 aromatic rings. The van der Waals surface area contributed by atoms with Gasteiger partial charge in [-0.3, -0.25) is 5.32 Å². The number of hydrogen-bond acceptors (Lipinski definition) is 9. The molecule has 0 aromatic carbocycles. The summed E-state index contributed by atoms with van der Waals surface area (Å²) in [7, 11) is -4.71. The van der Waals surface area contributed by atoms with Gasteiger partial charge < -0.3 is 28.4 Å². The van der Waals surface area contributed by atoms with E-state index in [9.17, 15) is 19.1 Å². The molecular weight excluding hydrogens is 567 g/mol. The number of imidazole rings is 1. The van der Waals surface area contributed by atoms with Crippen molar-refractivity contribution in [3.8, 4) is 0 Å². The van der Waals surface area contributed by atoms with Crippen LogP contribution in [0.15, 0.2) is 24.8 Å². The molecule has 0 spiro atoms. The third kappa shape index (κ3) is 19.5. The van der Waals surface area contributed by atoms with E-state index in [0.717, 1.165) is 25.7 Å². The fourth-order valence-electron chi connectivity index (χ4n) is 4.12. The zero-order valence-corrected chi connectivity index (χ0v) is 30.1. The van der Waals surface area contributed by atoms with Crippen molar-refractivity contribution in [2.24, 2.45) is 0 Å². The van der Waals surface area contributed by atoms with Crippen molar-refractivity contribution in [3.05, 3.63) is 24.8 Å². The number of carbonyl (C=O) groups excluding carboxylic acids is 1. The molecule has 0 saturated carbocycles. The van der Waals surface area contributed by atoms with Gasteiger partial charge in [-0.1, -0.05) is 76.9 Å². The van der Waals surface area contributed by atoms with Crippen molar-refractivity contribution in [2.45, 2.75) is 103 Å². The van der Waals surface area contributed by atoms with Gasteiger partial charge in [-0.15, -0.1) is 0 Å². The van der Waals surface area contributed by atoms with E-state index in [4.69, 9.17) is 9.47 Å². The summed E-state index contributed by atoms with van der Waals surface area (Å²) in [6.07, 6.45) is 23.0. The third-order valence-electron chi connectivity index (χ3n) is 6.24. The first-order valence-electron chi connectivity index (χ1n) is 14.2. The minimum Gasteiger partial charge on any atom is -0.809 e. The van der Waals surface area contributed by atoms with Crippen LogP contribution in [0.5, 0.6) is 0 Å². The van der Waals surface area contributed by atoms with E-state index in [1.165, 1.54) is 76.9 Å². The topological polar surface area (TPSA) is 154 Å². The summed E-state index contributed by atoms with van der Waals surface area (Å²) in [5, 5.41) is 2.59. The predicted octanol–water partition coefficient (Wildman–Crippen LogP) is -0.692. The summed E-state index contributed by atoms with van der Waals surface area (Å²) in [5.41, 5.74) is 0.801. The Morgan fingerprint density at radius 3 is 2.15 bits per heavy atom. The van der Waals surface area contributed by atoms with E-state index >= 15 is 0 Å². The van der Waals surface area contributed by atoms with Crippen LogP contribution in [0.1, 0.15) is 96.8 Å². The van der Waals surface area contributed by atoms with Crippen LogP contribution in [-0.4, -0.2) is 45.2 Å². The van der Waals surface area contributed by atoms with E-state index in [0.29, 0.717) is 17.8 Å². The first-order valence-corrected chi connectivity index (χ1v) is 16.0. The van der Waals surface area contributed by atoms with Crippen LogP contribution in [0, 0.1) is 0 Å². The molecule has 0 radical (unpaired) electrons. The van der Waals surface area contributed by atoms with Crippen LogP contribution < -0.4 is 74.2 Å². The Balaban J connectivity index is 0.00000800. The Morgan fingerprint density at radius 2 is 1.51 bits per heavy atom. The molecule has 11 nitrogen and oxygen atoms in total. The molecular formula is C27H44N5Na2O6P. The Bertz CT molecular complexity index is 1040. The standard InChI is InChI=1S/C27H46N5O6P.2Na/c1-2-3-4-5-6-7-8-9-10-11-12-13-14-15-16-17-19-38-27(33)31-25-24-26(29-21-28-25)32(22-30-24)18-20-37-23-39(34,35)36;;/h9-10,21-22H,2-8,11-20,23H2,1H3,(H2,34,35,36)(H,28,29,31,33);;/q;2*+1/p-2/b10-9-;;. The van der Waals surface area contributed by atoms with E-state index in [-0.39, 0.29) is 78.1 Å².